The Morgan fingerprint density at radius 1 is 1.33 bits per heavy atom. The SMILES string of the molecule is Cc1ccc(C(O)CN2CCCCC2)o1. The topological polar surface area (TPSA) is 36.6 Å². The lowest BCUT2D eigenvalue weighted by Gasteiger charge is -2.27. The van der Waals surface area contributed by atoms with Gasteiger partial charge in [-0.15, -0.1) is 0 Å². The van der Waals surface area contributed by atoms with Gasteiger partial charge in [-0.1, -0.05) is 6.42 Å². The van der Waals surface area contributed by atoms with Crippen LogP contribution in [0.4, 0.5) is 0 Å². The molecule has 1 saturated heterocycles. The number of rotatable bonds is 3. The molecule has 1 unspecified atom stereocenters. The normalized spacial score (nSPS) is 20.4. The van der Waals surface area contributed by atoms with Gasteiger partial charge in [-0.2, -0.15) is 0 Å². The first-order chi connectivity index (χ1) is 7.25. The van der Waals surface area contributed by atoms with Crippen molar-refractivity contribution in [1.29, 1.82) is 0 Å². The molecule has 3 heteroatoms. The lowest BCUT2D eigenvalue weighted by molar-refractivity contribution is 0.0843. The number of furan rings is 1. The molecule has 1 N–H and O–H groups in total. The molecule has 1 aromatic heterocycles. The molecular formula is C12H19NO2. The maximum Gasteiger partial charge on any atom is 0.133 e. The number of piperidine rings is 1. The second-order valence-electron chi connectivity index (χ2n) is 4.33. The fourth-order valence-corrected chi connectivity index (χ4v) is 2.11. The monoisotopic (exact) mass is 209 g/mol. The molecule has 0 saturated carbocycles. The molecule has 3 nitrogen and oxygen atoms in total. The molecule has 1 atom stereocenters. The third-order valence-corrected chi connectivity index (χ3v) is 2.97. The van der Waals surface area contributed by atoms with E-state index in [2.05, 4.69) is 4.90 Å². The summed E-state index contributed by atoms with van der Waals surface area (Å²) in [5, 5.41) is 9.95. The Hall–Kier alpha value is -0.800. The Morgan fingerprint density at radius 3 is 2.67 bits per heavy atom. The second kappa shape index (κ2) is 4.81. The summed E-state index contributed by atoms with van der Waals surface area (Å²) in [5.74, 6) is 1.56. The van der Waals surface area contributed by atoms with Crippen molar-refractivity contribution >= 4 is 0 Å². The summed E-state index contributed by atoms with van der Waals surface area (Å²) < 4.78 is 5.41. The van der Waals surface area contributed by atoms with Crippen molar-refractivity contribution in [2.24, 2.45) is 0 Å². The first kappa shape index (κ1) is 10.7. The van der Waals surface area contributed by atoms with Gasteiger partial charge in [0, 0.05) is 6.54 Å². The number of aliphatic hydroxyl groups excluding tert-OH is 1. The predicted molar refractivity (Wildman–Crippen MR) is 58.7 cm³/mol. The Morgan fingerprint density at radius 2 is 2.07 bits per heavy atom. The molecule has 0 aromatic carbocycles. The average molecular weight is 209 g/mol. The van der Waals surface area contributed by atoms with Crippen LogP contribution in [-0.4, -0.2) is 29.6 Å². The molecule has 1 fully saturated rings. The van der Waals surface area contributed by atoms with Crippen molar-refractivity contribution < 1.29 is 9.52 Å². The van der Waals surface area contributed by atoms with E-state index < -0.39 is 6.10 Å². The van der Waals surface area contributed by atoms with E-state index in [0.717, 1.165) is 18.8 Å². The fourth-order valence-electron chi connectivity index (χ4n) is 2.11. The summed E-state index contributed by atoms with van der Waals surface area (Å²) in [6.07, 6.45) is 3.36. The van der Waals surface area contributed by atoms with Gasteiger partial charge in [-0.05, 0) is 45.0 Å². The minimum atomic E-state index is -0.475. The van der Waals surface area contributed by atoms with Crippen molar-refractivity contribution in [3.63, 3.8) is 0 Å². The van der Waals surface area contributed by atoms with Crippen molar-refractivity contribution in [2.45, 2.75) is 32.3 Å². The number of aliphatic hydroxyl groups is 1. The highest BCUT2D eigenvalue weighted by molar-refractivity contribution is 5.08. The van der Waals surface area contributed by atoms with Crippen LogP contribution in [0.25, 0.3) is 0 Å². The first-order valence-corrected chi connectivity index (χ1v) is 5.72. The van der Waals surface area contributed by atoms with Crippen molar-refractivity contribution in [2.75, 3.05) is 19.6 Å². The summed E-state index contributed by atoms with van der Waals surface area (Å²) in [4.78, 5) is 2.31. The lowest BCUT2D eigenvalue weighted by atomic mass is 10.1. The summed E-state index contributed by atoms with van der Waals surface area (Å²) >= 11 is 0. The third kappa shape index (κ3) is 2.83. The Kier molecular flexibility index (Phi) is 3.44. The number of hydrogen-bond donors (Lipinski definition) is 1. The van der Waals surface area contributed by atoms with Crippen LogP contribution in [0.15, 0.2) is 16.5 Å². The maximum atomic E-state index is 9.95. The first-order valence-electron chi connectivity index (χ1n) is 5.72. The van der Waals surface area contributed by atoms with Crippen LogP contribution in [-0.2, 0) is 0 Å². The number of hydrogen-bond acceptors (Lipinski definition) is 3. The van der Waals surface area contributed by atoms with Gasteiger partial charge in [0.05, 0.1) is 0 Å². The van der Waals surface area contributed by atoms with Crippen molar-refractivity contribution in [1.82, 2.24) is 4.90 Å². The molecule has 1 aliphatic rings. The van der Waals surface area contributed by atoms with E-state index >= 15 is 0 Å². The molecule has 0 amide bonds. The second-order valence-corrected chi connectivity index (χ2v) is 4.33. The molecule has 1 aliphatic heterocycles. The largest absolute Gasteiger partial charge is 0.464 e. The fraction of sp³-hybridized carbons (Fsp3) is 0.667. The lowest BCUT2D eigenvalue weighted by Crippen LogP contribution is -2.33. The van der Waals surface area contributed by atoms with Gasteiger partial charge in [-0.3, -0.25) is 0 Å². The summed E-state index contributed by atoms with van der Waals surface area (Å²) in [5.41, 5.74) is 0. The van der Waals surface area contributed by atoms with E-state index in [4.69, 9.17) is 4.42 Å². The Balaban J connectivity index is 1.88. The minimum absolute atomic E-state index is 0.475. The molecule has 2 heterocycles. The van der Waals surface area contributed by atoms with Crippen LogP contribution in [0.1, 0.15) is 36.9 Å². The van der Waals surface area contributed by atoms with Gasteiger partial charge < -0.3 is 14.4 Å². The van der Waals surface area contributed by atoms with Crippen LogP contribution in [0.5, 0.6) is 0 Å². The van der Waals surface area contributed by atoms with Crippen LogP contribution < -0.4 is 0 Å². The molecule has 84 valence electrons. The van der Waals surface area contributed by atoms with Crippen LogP contribution in [0, 0.1) is 6.92 Å². The van der Waals surface area contributed by atoms with E-state index in [9.17, 15) is 5.11 Å². The molecule has 0 aliphatic carbocycles. The number of aryl methyl sites for hydroxylation is 1. The smallest absolute Gasteiger partial charge is 0.133 e. The standard InChI is InChI=1S/C12H19NO2/c1-10-5-6-12(15-10)11(14)9-13-7-3-2-4-8-13/h5-6,11,14H,2-4,7-9H2,1H3. The van der Waals surface area contributed by atoms with Gasteiger partial charge in [0.2, 0.25) is 0 Å². The summed E-state index contributed by atoms with van der Waals surface area (Å²) in [6.45, 7) is 4.82. The van der Waals surface area contributed by atoms with Gasteiger partial charge in [0.25, 0.3) is 0 Å². The van der Waals surface area contributed by atoms with Crippen molar-refractivity contribution in [3.8, 4) is 0 Å². The number of nitrogens with zero attached hydrogens (tertiary/aromatic N) is 1. The van der Waals surface area contributed by atoms with Crippen molar-refractivity contribution in [3.05, 3.63) is 23.7 Å². The molecule has 1 aromatic rings. The number of likely N-dealkylation sites (tertiary alicyclic amines) is 1. The highest BCUT2D eigenvalue weighted by Gasteiger charge is 2.17. The van der Waals surface area contributed by atoms with E-state index in [1.165, 1.54) is 19.3 Å². The van der Waals surface area contributed by atoms with Gasteiger partial charge in [0.1, 0.15) is 17.6 Å². The molecule has 0 bridgehead atoms. The van der Waals surface area contributed by atoms with Gasteiger partial charge in [-0.25, -0.2) is 0 Å². The predicted octanol–water partition coefficient (Wildman–Crippen LogP) is 2.11. The zero-order valence-electron chi connectivity index (χ0n) is 9.28. The van der Waals surface area contributed by atoms with E-state index in [-0.39, 0.29) is 0 Å². The molecule has 15 heavy (non-hydrogen) atoms. The van der Waals surface area contributed by atoms with E-state index in [1.54, 1.807) is 0 Å². The average Bonchev–Trinajstić information content (AvgIpc) is 2.66. The minimum Gasteiger partial charge on any atom is -0.464 e. The summed E-state index contributed by atoms with van der Waals surface area (Å²) in [7, 11) is 0. The van der Waals surface area contributed by atoms with Crippen LogP contribution in [0.2, 0.25) is 0 Å². The zero-order valence-corrected chi connectivity index (χ0v) is 9.28. The van der Waals surface area contributed by atoms with Gasteiger partial charge >= 0.3 is 0 Å². The maximum absolute atomic E-state index is 9.95. The molecule has 0 spiro atoms. The Bertz CT molecular complexity index is 302. The quantitative estimate of drug-likeness (QED) is 0.828. The van der Waals surface area contributed by atoms with Crippen LogP contribution in [0.3, 0.4) is 0 Å². The summed E-state index contributed by atoms with van der Waals surface area (Å²) in [6, 6.07) is 3.76. The molecular weight excluding hydrogens is 190 g/mol. The highest BCUT2D eigenvalue weighted by Crippen LogP contribution is 2.19. The number of β-amino-alcohol motifs (C(OH)–C–C–N with tert-alkyl or cyclic N) is 1. The van der Waals surface area contributed by atoms with Crippen LogP contribution >= 0.6 is 0 Å². The Labute approximate surface area is 90.7 Å². The highest BCUT2D eigenvalue weighted by atomic mass is 16.4. The van der Waals surface area contributed by atoms with E-state index in [0.29, 0.717) is 12.3 Å². The molecule has 2 rings (SSSR count). The van der Waals surface area contributed by atoms with Gasteiger partial charge in [0.15, 0.2) is 0 Å². The van der Waals surface area contributed by atoms with E-state index in [1.807, 2.05) is 19.1 Å². The third-order valence-electron chi connectivity index (χ3n) is 2.97. The molecule has 0 radical (unpaired) electrons. The zero-order chi connectivity index (χ0) is 10.7.